The Morgan fingerprint density at radius 2 is 2.25 bits per heavy atom. The molecule has 4 heteroatoms. The SMILES string of the molecule is CCOC(CC)C(CCc1ccc2c(c1)CCO2)NN. The van der Waals surface area contributed by atoms with Gasteiger partial charge < -0.3 is 9.47 Å². The Bertz CT molecular complexity index is 423. The lowest BCUT2D eigenvalue weighted by Gasteiger charge is -2.25. The second-order valence-corrected chi connectivity index (χ2v) is 5.25. The van der Waals surface area contributed by atoms with Crippen molar-refractivity contribution in [1.29, 1.82) is 0 Å². The molecule has 0 amide bonds. The summed E-state index contributed by atoms with van der Waals surface area (Å²) >= 11 is 0. The summed E-state index contributed by atoms with van der Waals surface area (Å²) in [7, 11) is 0. The van der Waals surface area contributed by atoms with Crippen LogP contribution < -0.4 is 16.0 Å². The quantitative estimate of drug-likeness (QED) is 0.565. The number of benzene rings is 1. The van der Waals surface area contributed by atoms with Crippen molar-refractivity contribution in [2.75, 3.05) is 13.2 Å². The van der Waals surface area contributed by atoms with Crippen LogP contribution in [0.5, 0.6) is 5.75 Å². The van der Waals surface area contributed by atoms with Crippen molar-refractivity contribution >= 4 is 0 Å². The summed E-state index contributed by atoms with van der Waals surface area (Å²) < 4.78 is 11.3. The second-order valence-electron chi connectivity index (χ2n) is 5.25. The third-order valence-corrected chi connectivity index (χ3v) is 3.94. The predicted octanol–water partition coefficient (Wildman–Crippen LogP) is 2.20. The lowest BCUT2D eigenvalue weighted by molar-refractivity contribution is 0.0297. The zero-order chi connectivity index (χ0) is 14.4. The number of rotatable bonds is 8. The molecule has 0 spiro atoms. The fraction of sp³-hybridized carbons (Fsp3) is 0.625. The number of nitrogens with one attached hydrogen (secondary N) is 1. The van der Waals surface area contributed by atoms with Gasteiger partial charge in [-0.05, 0) is 43.4 Å². The highest BCUT2D eigenvalue weighted by atomic mass is 16.5. The molecule has 0 saturated heterocycles. The Labute approximate surface area is 121 Å². The first-order valence-electron chi connectivity index (χ1n) is 7.60. The summed E-state index contributed by atoms with van der Waals surface area (Å²) in [6.45, 7) is 5.70. The fourth-order valence-corrected chi connectivity index (χ4v) is 2.83. The van der Waals surface area contributed by atoms with Crippen LogP contribution in [0.2, 0.25) is 0 Å². The summed E-state index contributed by atoms with van der Waals surface area (Å²) in [5.74, 6) is 6.73. The molecule has 3 N–H and O–H groups in total. The highest BCUT2D eigenvalue weighted by molar-refractivity contribution is 5.39. The van der Waals surface area contributed by atoms with E-state index in [0.29, 0.717) is 0 Å². The highest BCUT2D eigenvalue weighted by Gasteiger charge is 2.19. The van der Waals surface area contributed by atoms with Gasteiger partial charge in [0.2, 0.25) is 0 Å². The highest BCUT2D eigenvalue weighted by Crippen LogP contribution is 2.26. The fourth-order valence-electron chi connectivity index (χ4n) is 2.83. The van der Waals surface area contributed by atoms with E-state index in [1.807, 2.05) is 6.92 Å². The third-order valence-electron chi connectivity index (χ3n) is 3.94. The van der Waals surface area contributed by atoms with Gasteiger partial charge in [-0.3, -0.25) is 11.3 Å². The van der Waals surface area contributed by atoms with Gasteiger partial charge >= 0.3 is 0 Å². The van der Waals surface area contributed by atoms with Crippen LogP contribution in [0.1, 0.15) is 37.8 Å². The summed E-state index contributed by atoms with van der Waals surface area (Å²) in [4.78, 5) is 0. The topological polar surface area (TPSA) is 56.5 Å². The first kappa shape index (κ1) is 15.3. The van der Waals surface area contributed by atoms with Gasteiger partial charge in [-0.2, -0.15) is 0 Å². The summed E-state index contributed by atoms with van der Waals surface area (Å²) in [6.07, 6.45) is 4.17. The van der Waals surface area contributed by atoms with Gasteiger partial charge in [0.15, 0.2) is 0 Å². The zero-order valence-electron chi connectivity index (χ0n) is 12.5. The molecule has 2 atom stereocenters. The summed E-state index contributed by atoms with van der Waals surface area (Å²) in [5.41, 5.74) is 5.59. The average molecular weight is 278 g/mol. The van der Waals surface area contributed by atoms with Crippen molar-refractivity contribution in [2.24, 2.45) is 5.84 Å². The number of hydrogen-bond donors (Lipinski definition) is 2. The van der Waals surface area contributed by atoms with Gasteiger partial charge in [0, 0.05) is 19.1 Å². The van der Waals surface area contributed by atoms with E-state index in [1.54, 1.807) is 0 Å². The van der Waals surface area contributed by atoms with E-state index in [-0.39, 0.29) is 12.1 Å². The van der Waals surface area contributed by atoms with Crippen molar-refractivity contribution in [3.05, 3.63) is 29.3 Å². The molecule has 2 unspecified atom stereocenters. The first-order valence-corrected chi connectivity index (χ1v) is 7.60. The Kier molecular flexibility index (Phi) is 5.83. The van der Waals surface area contributed by atoms with E-state index in [1.165, 1.54) is 11.1 Å². The minimum absolute atomic E-state index is 0.183. The van der Waals surface area contributed by atoms with Crippen LogP contribution in [0.25, 0.3) is 0 Å². The Hall–Kier alpha value is -1.10. The van der Waals surface area contributed by atoms with E-state index < -0.39 is 0 Å². The standard InChI is InChI=1S/C16H26N2O2/c1-3-15(19-4-2)14(18-17)7-5-12-6-8-16-13(11-12)9-10-20-16/h6,8,11,14-15,18H,3-5,7,9-10,17H2,1-2H3. The van der Waals surface area contributed by atoms with Crippen molar-refractivity contribution in [3.63, 3.8) is 0 Å². The maximum Gasteiger partial charge on any atom is 0.122 e. The monoisotopic (exact) mass is 278 g/mol. The minimum atomic E-state index is 0.183. The van der Waals surface area contributed by atoms with Crippen LogP contribution >= 0.6 is 0 Å². The van der Waals surface area contributed by atoms with Crippen molar-refractivity contribution in [3.8, 4) is 5.75 Å². The molecule has 0 fully saturated rings. The van der Waals surface area contributed by atoms with Gasteiger partial charge in [-0.25, -0.2) is 0 Å². The summed E-state index contributed by atoms with van der Waals surface area (Å²) in [6, 6.07) is 6.70. The predicted molar refractivity (Wildman–Crippen MR) is 80.8 cm³/mol. The van der Waals surface area contributed by atoms with Crippen LogP contribution in [-0.4, -0.2) is 25.4 Å². The van der Waals surface area contributed by atoms with Crippen molar-refractivity contribution in [2.45, 2.75) is 51.7 Å². The lowest BCUT2D eigenvalue weighted by Crippen LogP contribution is -2.45. The molecular formula is C16H26N2O2. The average Bonchev–Trinajstić information content (AvgIpc) is 2.94. The number of hydrogen-bond acceptors (Lipinski definition) is 4. The molecular weight excluding hydrogens is 252 g/mol. The molecule has 20 heavy (non-hydrogen) atoms. The molecule has 1 heterocycles. The van der Waals surface area contributed by atoms with Gasteiger partial charge in [-0.1, -0.05) is 19.1 Å². The molecule has 1 aromatic carbocycles. The molecule has 0 saturated carbocycles. The molecule has 1 aliphatic heterocycles. The molecule has 0 bridgehead atoms. The Morgan fingerprint density at radius 3 is 2.95 bits per heavy atom. The van der Waals surface area contributed by atoms with E-state index in [4.69, 9.17) is 15.3 Å². The molecule has 0 radical (unpaired) electrons. The number of ether oxygens (including phenoxy) is 2. The maximum atomic E-state index is 5.74. The van der Waals surface area contributed by atoms with Crippen LogP contribution in [-0.2, 0) is 17.6 Å². The van der Waals surface area contributed by atoms with Crippen LogP contribution in [0, 0.1) is 0 Å². The molecule has 4 nitrogen and oxygen atoms in total. The van der Waals surface area contributed by atoms with Crippen molar-refractivity contribution in [1.82, 2.24) is 5.43 Å². The molecule has 0 aromatic heterocycles. The lowest BCUT2D eigenvalue weighted by atomic mass is 9.98. The van der Waals surface area contributed by atoms with E-state index >= 15 is 0 Å². The largest absolute Gasteiger partial charge is 0.493 e. The number of aryl methyl sites for hydroxylation is 1. The van der Waals surface area contributed by atoms with Gasteiger partial charge in [0.1, 0.15) is 5.75 Å². The van der Waals surface area contributed by atoms with Crippen LogP contribution in [0.15, 0.2) is 18.2 Å². The zero-order valence-corrected chi connectivity index (χ0v) is 12.5. The number of hydrazine groups is 1. The normalized spacial score (nSPS) is 16.6. The van der Waals surface area contributed by atoms with Crippen LogP contribution in [0.3, 0.4) is 0 Å². The second kappa shape index (κ2) is 7.62. The molecule has 0 aliphatic carbocycles. The minimum Gasteiger partial charge on any atom is -0.493 e. The van der Waals surface area contributed by atoms with Crippen LogP contribution in [0.4, 0.5) is 0 Å². The van der Waals surface area contributed by atoms with E-state index in [2.05, 4.69) is 30.5 Å². The molecule has 112 valence electrons. The van der Waals surface area contributed by atoms with Gasteiger partial charge in [0.05, 0.1) is 12.7 Å². The van der Waals surface area contributed by atoms with Crippen molar-refractivity contribution < 1.29 is 9.47 Å². The maximum absolute atomic E-state index is 5.74. The van der Waals surface area contributed by atoms with Gasteiger partial charge in [0.25, 0.3) is 0 Å². The number of fused-ring (bicyclic) bond motifs is 1. The molecule has 1 aromatic rings. The van der Waals surface area contributed by atoms with E-state index in [0.717, 1.165) is 44.6 Å². The molecule has 1 aliphatic rings. The number of nitrogens with two attached hydrogens (primary N) is 1. The first-order chi connectivity index (χ1) is 9.78. The Balaban J connectivity index is 1.92. The molecule has 2 rings (SSSR count). The van der Waals surface area contributed by atoms with E-state index in [9.17, 15) is 0 Å². The van der Waals surface area contributed by atoms with Gasteiger partial charge in [-0.15, -0.1) is 0 Å². The smallest absolute Gasteiger partial charge is 0.122 e. The summed E-state index contributed by atoms with van der Waals surface area (Å²) in [5, 5.41) is 0. The third kappa shape index (κ3) is 3.72. The Morgan fingerprint density at radius 1 is 1.40 bits per heavy atom.